The Bertz CT molecular complexity index is 1340. The van der Waals surface area contributed by atoms with Crippen LogP contribution in [0, 0.1) is 13.8 Å². The SMILES string of the molecule is Cc1sc2nc(CN3CCN(C(=O)CCc4c[nH]c5ccccc45)CC3)[nH]c(=O)c2c1C. The first-order chi connectivity index (χ1) is 15.5. The molecular formula is C24H27N5O2S. The van der Waals surface area contributed by atoms with Gasteiger partial charge in [0.1, 0.15) is 10.7 Å². The van der Waals surface area contributed by atoms with Crippen molar-refractivity contribution < 1.29 is 4.79 Å². The van der Waals surface area contributed by atoms with Gasteiger partial charge in [-0.15, -0.1) is 11.3 Å². The smallest absolute Gasteiger partial charge is 0.259 e. The van der Waals surface area contributed by atoms with Crippen LogP contribution in [0.2, 0.25) is 0 Å². The summed E-state index contributed by atoms with van der Waals surface area (Å²) in [5, 5.41) is 1.90. The fraction of sp³-hybridized carbons (Fsp3) is 0.375. The molecule has 2 N–H and O–H groups in total. The van der Waals surface area contributed by atoms with E-state index >= 15 is 0 Å². The number of nitrogens with zero attached hydrogens (tertiary/aromatic N) is 3. The highest BCUT2D eigenvalue weighted by Crippen LogP contribution is 2.26. The minimum absolute atomic E-state index is 0.0575. The monoisotopic (exact) mass is 449 g/mol. The zero-order valence-corrected chi connectivity index (χ0v) is 19.2. The van der Waals surface area contributed by atoms with Gasteiger partial charge in [0.15, 0.2) is 0 Å². The number of fused-ring (bicyclic) bond motifs is 2. The van der Waals surface area contributed by atoms with Gasteiger partial charge in [-0.2, -0.15) is 0 Å². The summed E-state index contributed by atoms with van der Waals surface area (Å²) in [7, 11) is 0. The van der Waals surface area contributed by atoms with Gasteiger partial charge in [0.25, 0.3) is 5.56 Å². The molecule has 166 valence electrons. The molecular weight excluding hydrogens is 422 g/mol. The molecule has 8 heteroatoms. The van der Waals surface area contributed by atoms with Crippen LogP contribution in [0.1, 0.15) is 28.2 Å². The lowest BCUT2D eigenvalue weighted by Gasteiger charge is -2.34. The quantitative estimate of drug-likeness (QED) is 0.489. The highest BCUT2D eigenvalue weighted by Gasteiger charge is 2.22. The molecule has 0 saturated carbocycles. The highest BCUT2D eigenvalue weighted by molar-refractivity contribution is 7.18. The summed E-state index contributed by atoms with van der Waals surface area (Å²) in [4.78, 5) is 42.3. The fourth-order valence-electron chi connectivity index (χ4n) is 4.48. The summed E-state index contributed by atoms with van der Waals surface area (Å²) in [6.45, 7) is 7.56. The number of amides is 1. The van der Waals surface area contributed by atoms with Crippen LogP contribution in [0.15, 0.2) is 35.3 Å². The number of hydrogen-bond donors (Lipinski definition) is 2. The van der Waals surface area contributed by atoms with E-state index in [0.717, 1.165) is 40.3 Å². The molecule has 0 radical (unpaired) electrons. The zero-order chi connectivity index (χ0) is 22.2. The molecule has 0 unspecified atom stereocenters. The number of benzene rings is 1. The molecule has 0 atom stereocenters. The van der Waals surface area contributed by atoms with E-state index in [9.17, 15) is 9.59 Å². The van der Waals surface area contributed by atoms with Crippen LogP contribution >= 0.6 is 11.3 Å². The standard InChI is InChI=1S/C24H27N5O2S/c1-15-16(2)32-24-22(15)23(31)26-20(27-24)14-28-9-11-29(12-10-28)21(30)8-7-17-13-25-19-6-4-3-5-18(17)19/h3-6,13,25H,7-12,14H2,1-2H3,(H,26,27,31). The summed E-state index contributed by atoms with van der Waals surface area (Å²) in [6, 6.07) is 8.19. The Hall–Kier alpha value is -2.97. The van der Waals surface area contributed by atoms with Crippen molar-refractivity contribution in [3.8, 4) is 0 Å². The maximum atomic E-state index is 12.8. The second kappa shape index (κ2) is 8.52. The number of para-hydroxylation sites is 1. The Morgan fingerprint density at radius 3 is 2.75 bits per heavy atom. The number of thiophene rings is 1. The molecule has 32 heavy (non-hydrogen) atoms. The number of piperazine rings is 1. The molecule has 1 aliphatic rings. The van der Waals surface area contributed by atoms with Crippen molar-refractivity contribution in [2.24, 2.45) is 0 Å². The maximum absolute atomic E-state index is 12.8. The predicted octanol–water partition coefficient (Wildman–Crippen LogP) is 3.36. The number of aromatic amines is 2. The second-order valence-electron chi connectivity index (χ2n) is 8.49. The number of hydrogen-bond acceptors (Lipinski definition) is 5. The van der Waals surface area contributed by atoms with E-state index in [2.05, 4.69) is 32.0 Å². The minimum Gasteiger partial charge on any atom is -0.361 e. The van der Waals surface area contributed by atoms with Crippen molar-refractivity contribution in [2.45, 2.75) is 33.2 Å². The van der Waals surface area contributed by atoms with Crippen LogP contribution in [0.4, 0.5) is 0 Å². The second-order valence-corrected chi connectivity index (χ2v) is 9.70. The summed E-state index contributed by atoms with van der Waals surface area (Å²) in [5.74, 6) is 0.898. The van der Waals surface area contributed by atoms with E-state index in [1.807, 2.05) is 37.1 Å². The average molecular weight is 450 g/mol. The van der Waals surface area contributed by atoms with Crippen LogP contribution in [-0.2, 0) is 17.8 Å². The van der Waals surface area contributed by atoms with Gasteiger partial charge >= 0.3 is 0 Å². The third kappa shape index (κ3) is 3.96. The van der Waals surface area contributed by atoms with E-state index in [1.54, 1.807) is 11.3 Å². The van der Waals surface area contributed by atoms with Gasteiger partial charge in [0.05, 0.1) is 11.9 Å². The van der Waals surface area contributed by atoms with Gasteiger partial charge in [0.2, 0.25) is 5.91 Å². The molecule has 4 heterocycles. The van der Waals surface area contributed by atoms with Gasteiger partial charge in [0, 0.05) is 54.6 Å². The Morgan fingerprint density at radius 1 is 1.16 bits per heavy atom. The van der Waals surface area contributed by atoms with Crippen molar-refractivity contribution in [3.05, 3.63) is 62.6 Å². The zero-order valence-electron chi connectivity index (χ0n) is 18.4. The van der Waals surface area contributed by atoms with Gasteiger partial charge in [-0.25, -0.2) is 4.98 Å². The molecule has 1 fully saturated rings. The normalized spacial score (nSPS) is 15.1. The molecule has 0 aliphatic carbocycles. The summed E-state index contributed by atoms with van der Waals surface area (Å²) >= 11 is 1.57. The fourth-order valence-corrected chi connectivity index (χ4v) is 5.53. The molecule has 0 spiro atoms. The van der Waals surface area contributed by atoms with Crippen LogP contribution in [0.5, 0.6) is 0 Å². The lowest BCUT2D eigenvalue weighted by molar-refractivity contribution is -0.133. The van der Waals surface area contributed by atoms with Crippen LogP contribution in [0.3, 0.4) is 0 Å². The Balaban J connectivity index is 1.17. The van der Waals surface area contributed by atoms with Crippen LogP contribution < -0.4 is 5.56 Å². The number of carbonyl (C=O) groups excluding carboxylic acids is 1. The molecule has 1 saturated heterocycles. The molecule has 4 aromatic rings. The lowest BCUT2D eigenvalue weighted by Crippen LogP contribution is -2.48. The lowest BCUT2D eigenvalue weighted by atomic mass is 10.1. The van der Waals surface area contributed by atoms with Crippen molar-refractivity contribution in [3.63, 3.8) is 0 Å². The summed E-state index contributed by atoms with van der Waals surface area (Å²) < 4.78 is 0. The first-order valence-corrected chi connectivity index (χ1v) is 11.9. The number of aryl methyl sites for hydroxylation is 3. The number of rotatable bonds is 5. The maximum Gasteiger partial charge on any atom is 0.259 e. The van der Waals surface area contributed by atoms with Crippen molar-refractivity contribution >= 4 is 38.4 Å². The molecule has 1 amide bonds. The third-order valence-corrected chi connectivity index (χ3v) is 7.57. The van der Waals surface area contributed by atoms with E-state index in [-0.39, 0.29) is 11.5 Å². The van der Waals surface area contributed by atoms with E-state index in [1.165, 1.54) is 10.9 Å². The third-order valence-electron chi connectivity index (χ3n) is 6.47. The van der Waals surface area contributed by atoms with Gasteiger partial charge < -0.3 is 14.9 Å². The largest absolute Gasteiger partial charge is 0.361 e. The van der Waals surface area contributed by atoms with Crippen LogP contribution in [-0.4, -0.2) is 56.8 Å². The molecule has 7 nitrogen and oxygen atoms in total. The van der Waals surface area contributed by atoms with E-state index in [4.69, 9.17) is 0 Å². The Labute approximate surface area is 190 Å². The first-order valence-electron chi connectivity index (χ1n) is 11.0. The number of nitrogens with one attached hydrogen (secondary N) is 2. The first kappa shape index (κ1) is 20.9. The number of carbonyl (C=O) groups is 1. The van der Waals surface area contributed by atoms with Crippen molar-refractivity contribution in [1.29, 1.82) is 0 Å². The highest BCUT2D eigenvalue weighted by atomic mass is 32.1. The van der Waals surface area contributed by atoms with Crippen LogP contribution in [0.25, 0.3) is 21.1 Å². The minimum atomic E-state index is -0.0575. The topological polar surface area (TPSA) is 85.1 Å². The van der Waals surface area contributed by atoms with E-state index in [0.29, 0.717) is 37.3 Å². The van der Waals surface area contributed by atoms with E-state index < -0.39 is 0 Å². The summed E-state index contributed by atoms with van der Waals surface area (Å²) in [5.41, 5.74) is 3.27. The average Bonchev–Trinajstić information content (AvgIpc) is 3.33. The Morgan fingerprint density at radius 2 is 1.94 bits per heavy atom. The van der Waals surface area contributed by atoms with Crippen molar-refractivity contribution in [1.82, 2.24) is 24.8 Å². The molecule has 1 aromatic carbocycles. The number of aromatic nitrogens is 3. The van der Waals surface area contributed by atoms with Crippen molar-refractivity contribution in [2.75, 3.05) is 26.2 Å². The predicted molar refractivity (Wildman–Crippen MR) is 128 cm³/mol. The molecule has 3 aromatic heterocycles. The summed E-state index contributed by atoms with van der Waals surface area (Å²) in [6.07, 6.45) is 3.27. The van der Waals surface area contributed by atoms with Gasteiger partial charge in [-0.1, -0.05) is 18.2 Å². The Kier molecular flexibility index (Phi) is 5.57. The number of H-pyrrole nitrogens is 2. The molecule has 1 aliphatic heterocycles. The molecule has 0 bridgehead atoms. The van der Waals surface area contributed by atoms with Gasteiger partial charge in [-0.3, -0.25) is 14.5 Å². The van der Waals surface area contributed by atoms with Gasteiger partial charge in [-0.05, 0) is 37.5 Å². The molecule has 5 rings (SSSR count).